The number of hydrogen-bond donors (Lipinski definition) is 1. The van der Waals surface area contributed by atoms with Crippen molar-refractivity contribution in [1.82, 2.24) is 4.90 Å². The van der Waals surface area contributed by atoms with Gasteiger partial charge in [0.2, 0.25) is 0 Å². The van der Waals surface area contributed by atoms with E-state index in [1.54, 1.807) is 14.2 Å². The number of nitrogens with two attached hydrogens (primary N) is 1. The topological polar surface area (TPSA) is 47.7 Å². The van der Waals surface area contributed by atoms with E-state index in [4.69, 9.17) is 15.2 Å². The summed E-state index contributed by atoms with van der Waals surface area (Å²) in [6.07, 6.45) is 0.979. The van der Waals surface area contributed by atoms with Crippen molar-refractivity contribution in [2.45, 2.75) is 18.5 Å². The minimum absolute atomic E-state index is 0.147. The SMILES string of the molecule is COCCN(CCOC)C1CC(N)c2ccccc21. The largest absolute Gasteiger partial charge is 0.383 e. The Bertz CT molecular complexity index is 389. The molecule has 19 heavy (non-hydrogen) atoms. The highest BCUT2D eigenvalue weighted by Crippen LogP contribution is 2.40. The average molecular weight is 264 g/mol. The number of methoxy groups -OCH3 is 2. The first-order chi connectivity index (χ1) is 9.27. The van der Waals surface area contributed by atoms with Gasteiger partial charge in [0, 0.05) is 39.4 Å². The lowest BCUT2D eigenvalue weighted by atomic mass is 10.1. The quantitative estimate of drug-likeness (QED) is 0.814. The molecule has 1 aliphatic carbocycles. The molecule has 4 heteroatoms. The van der Waals surface area contributed by atoms with Crippen molar-refractivity contribution >= 4 is 0 Å². The van der Waals surface area contributed by atoms with Gasteiger partial charge in [0.1, 0.15) is 0 Å². The second kappa shape index (κ2) is 7.01. The van der Waals surface area contributed by atoms with Crippen molar-refractivity contribution in [3.05, 3.63) is 35.4 Å². The summed E-state index contributed by atoms with van der Waals surface area (Å²) in [7, 11) is 3.48. The number of nitrogens with zero attached hydrogens (tertiary/aromatic N) is 1. The summed E-state index contributed by atoms with van der Waals surface area (Å²) in [5.74, 6) is 0. The van der Waals surface area contributed by atoms with Crippen LogP contribution >= 0.6 is 0 Å². The molecule has 0 bridgehead atoms. The first-order valence-corrected chi connectivity index (χ1v) is 6.84. The maximum absolute atomic E-state index is 6.24. The standard InChI is InChI=1S/C15H24N2O2/c1-18-9-7-17(8-10-19-2)15-11-14(16)12-5-3-4-6-13(12)15/h3-6,14-15H,7-11,16H2,1-2H3. The molecule has 4 nitrogen and oxygen atoms in total. The Kier molecular flexibility index (Phi) is 5.34. The summed E-state index contributed by atoms with van der Waals surface area (Å²) in [6, 6.07) is 9.03. The molecule has 1 aromatic rings. The second-order valence-electron chi connectivity index (χ2n) is 5.01. The zero-order valence-electron chi connectivity index (χ0n) is 11.8. The smallest absolute Gasteiger partial charge is 0.0589 e. The van der Waals surface area contributed by atoms with Crippen LogP contribution in [-0.4, -0.2) is 45.4 Å². The highest BCUT2D eigenvalue weighted by atomic mass is 16.5. The number of ether oxygens (including phenoxy) is 2. The zero-order valence-corrected chi connectivity index (χ0v) is 11.8. The van der Waals surface area contributed by atoms with Crippen LogP contribution < -0.4 is 5.73 Å². The Labute approximate surface area is 115 Å². The van der Waals surface area contributed by atoms with Gasteiger partial charge in [0.25, 0.3) is 0 Å². The van der Waals surface area contributed by atoms with Crippen molar-refractivity contribution in [3.8, 4) is 0 Å². The molecule has 2 atom stereocenters. The minimum atomic E-state index is 0.147. The number of rotatable bonds is 7. The predicted octanol–water partition coefficient (Wildman–Crippen LogP) is 1.73. The Morgan fingerprint density at radius 3 is 2.26 bits per heavy atom. The Morgan fingerprint density at radius 2 is 1.68 bits per heavy atom. The third-order valence-corrected chi connectivity index (χ3v) is 3.84. The van der Waals surface area contributed by atoms with Gasteiger partial charge in [-0.15, -0.1) is 0 Å². The van der Waals surface area contributed by atoms with E-state index in [9.17, 15) is 0 Å². The van der Waals surface area contributed by atoms with Gasteiger partial charge in [-0.3, -0.25) is 4.90 Å². The molecule has 2 rings (SSSR count). The Balaban J connectivity index is 2.13. The molecule has 0 saturated carbocycles. The lowest BCUT2D eigenvalue weighted by Gasteiger charge is -2.29. The fourth-order valence-electron chi connectivity index (χ4n) is 2.83. The molecule has 0 spiro atoms. The molecule has 0 heterocycles. The molecule has 0 aromatic heterocycles. The lowest BCUT2D eigenvalue weighted by Crippen LogP contribution is -2.34. The van der Waals surface area contributed by atoms with E-state index in [0.717, 1.165) is 32.7 Å². The molecule has 2 unspecified atom stereocenters. The van der Waals surface area contributed by atoms with Gasteiger partial charge in [-0.05, 0) is 17.5 Å². The van der Waals surface area contributed by atoms with Gasteiger partial charge in [0.15, 0.2) is 0 Å². The Morgan fingerprint density at radius 1 is 1.11 bits per heavy atom. The van der Waals surface area contributed by atoms with Crippen LogP contribution in [0.15, 0.2) is 24.3 Å². The zero-order chi connectivity index (χ0) is 13.7. The molecule has 0 fully saturated rings. The molecular weight excluding hydrogens is 240 g/mol. The van der Waals surface area contributed by atoms with Crippen molar-refractivity contribution in [1.29, 1.82) is 0 Å². The van der Waals surface area contributed by atoms with Crippen LogP contribution in [0.1, 0.15) is 29.6 Å². The van der Waals surface area contributed by atoms with E-state index >= 15 is 0 Å². The van der Waals surface area contributed by atoms with E-state index in [-0.39, 0.29) is 6.04 Å². The van der Waals surface area contributed by atoms with Crippen molar-refractivity contribution in [3.63, 3.8) is 0 Å². The van der Waals surface area contributed by atoms with Gasteiger partial charge in [-0.2, -0.15) is 0 Å². The molecule has 1 aromatic carbocycles. The summed E-state index contributed by atoms with van der Waals surface area (Å²) in [6.45, 7) is 3.28. The molecule has 106 valence electrons. The Hall–Kier alpha value is -0.940. The van der Waals surface area contributed by atoms with Crippen LogP contribution in [0.25, 0.3) is 0 Å². The van der Waals surface area contributed by atoms with Gasteiger partial charge in [-0.25, -0.2) is 0 Å². The van der Waals surface area contributed by atoms with Crippen LogP contribution in [0.2, 0.25) is 0 Å². The van der Waals surface area contributed by atoms with Gasteiger partial charge >= 0.3 is 0 Å². The fourth-order valence-corrected chi connectivity index (χ4v) is 2.83. The molecule has 2 N–H and O–H groups in total. The maximum Gasteiger partial charge on any atom is 0.0589 e. The second-order valence-corrected chi connectivity index (χ2v) is 5.01. The summed E-state index contributed by atoms with van der Waals surface area (Å²) in [4.78, 5) is 2.42. The predicted molar refractivity (Wildman–Crippen MR) is 76.1 cm³/mol. The van der Waals surface area contributed by atoms with Crippen molar-refractivity contribution in [2.75, 3.05) is 40.5 Å². The summed E-state index contributed by atoms with van der Waals surface area (Å²) < 4.78 is 10.4. The normalized spacial score (nSPS) is 21.9. The van der Waals surface area contributed by atoms with Crippen LogP contribution in [0.3, 0.4) is 0 Å². The summed E-state index contributed by atoms with van der Waals surface area (Å²) >= 11 is 0. The van der Waals surface area contributed by atoms with E-state index in [2.05, 4.69) is 29.2 Å². The number of hydrogen-bond acceptors (Lipinski definition) is 4. The van der Waals surface area contributed by atoms with Crippen molar-refractivity contribution < 1.29 is 9.47 Å². The van der Waals surface area contributed by atoms with Crippen LogP contribution in [0, 0.1) is 0 Å². The van der Waals surface area contributed by atoms with Crippen LogP contribution in [-0.2, 0) is 9.47 Å². The molecular formula is C15H24N2O2. The minimum Gasteiger partial charge on any atom is -0.383 e. The highest BCUT2D eigenvalue weighted by molar-refractivity contribution is 5.37. The third kappa shape index (κ3) is 3.34. The van der Waals surface area contributed by atoms with Crippen molar-refractivity contribution in [2.24, 2.45) is 5.73 Å². The van der Waals surface area contributed by atoms with E-state index in [0.29, 0.717) is 6.04 Å². The fraction of sp³-hybridized carbons (Fsp3) is 0.600. The first-order valence-electron chi connectivity index (χ1n) is 6.84. The summed E-state index contributed by atoms with van der Waals surface area (Å²) in [5, 5.41) is 0. The van der Waals surface area contributed by atoms with Crippen LogP contribution in [0.4, 0.5) is 0 Å². The first kappa shape index (κ1) is 14.5. The third-order valence-electron chi connectivity index (χ3n) is 3.84. The highest BCUT2D eigenvalue weighted by Gasteiger charge is 2.32. The van der Waals surface area contributed by atoms with E-state index < -0.39 is 0 Å². The number of fused-ring (bicyclic) bond motifs is 1. The molecule has 1 aliphatic rings. The van der Waals surface area contributed by atoms with E-state index in [1.807, 2.05) is 0 Å². The number of benzene rings is 1. The maximum atomic E-state index is 6.24. The molecule has 0 aliphatic heterocycles. The van der Waals surface area contributed by atoms with E-state index in [1.165, 1.54) is 11.1 Å². The average Bonchev–Trinajstić information content (AvgIpc) is 2.77. The van der Waals surface area contributed by atoms with Crippen LogP contribution in [0.5, 0.6) is 0 Å². The van der Waals surface area contributed by atoms with Gasteiger partial charge < -0.3 is 15.2 Å². The molecule has 0 radical (unpaired) electrons. The summed E-state index contributed by atoms with van der Waals surface area (Å²) in [5.41, 5.74) is 8.89. The van der Waals surface area contributed by atoms with Gasteiger partial charge in [-0.1, -0.05) is 24.3 Å². The lowest BCUT2D eigenvalue weighted by molar-refractivity contribution is 0.0857. The monoisotopic (exact) mass is 264 g/mol. The van der Waals surface area contributed by atoms with Gasteiger partial charge in [0.05, 0.1) is 13.2 Å². The molecule has 0 amide bonds. The molecule has 0 saturated heterocycles.